The lowest BCUT2D eigenvalue weighted by Crippen LogP contribution is -2.36. The summed E-state index contributed by atoms with van der Waals surface area (Å²) in [4.78, 5) is 14.6. The van der Waals surface area contributed by atoms with Crippen LogP contribution in [-0.4, -0.2) is 24.1 Å². The Balaban J connectivity index is 1.50. The smallest absolute Gasteiger partial charge is 0.410 e. The van der Waals surface area contributed by atoms with E-state index in [1.165, 1.54) is 16.7 Å². The van der Waals surface area contributed by atoms with Crippen LogP contribution in [0.1, 0.15) is 34.6 Å². The maximum Gasteiger partial charge on any atom is 0.410 e. The molecule has 0 unspecified atom stereocenters. The first-order valence-corrected chi connectivity index (χ1v) is 9.89. The second kappa shape index (κ2) is 8.75. The third-order valence-corrected chi connectivity index (χ3v) is 5.43. The SMILES string of the molecule is O=C(OCc1ccccc1)N1CCc2ccccc2[C@@H](c2ccccc2)CC1. The van der Waals surface area contributed by atoms with E-state index in [4.69, 9.17) is 4.74 Å². The minimum atomic E-state index is -0.227. The zero-order chi connectivity index (χ0) is 19.2. The number of rotatable bonds is 3. The van der Waals surface area contributed by atoms with Gasteiger partial charge in [0, 0.05) is 19.0 Å². The number of carbonyl (C=O) groups is 1. The van der Waals surface area contributed by atoms with Crippen molar-refractivity contribution in [1.29, 1.82) is 0 Å². The van der Waals surface area contributed by atoms with Gasteiger partial charge in [-0.2, -0.15) is 0 Å². The van der Waals surface area contributed by atoms with Gasteiger partial charge in [-0.15, -0.1) is 0 Å². The predicted molar refractivity (Wildman–Crippen MR) is 111 cm³/mol. The standard InChI is InChI=1S/C25H25NO2/c27-25(28-19-20-9-3-1-4-10-20)26-17-15-22-13-7-8-14-23(22)24(16-18-26)21-11-5-2-6-12-21/h1-14,24H,15-19H2/t24-/m1/s1. The van der Waals surface area contributed by atoms with Gasteiger partial charge in [-0.25, -0.2) is 4.79 Å². The number of amides is 1. The molecule has 1 atom stereocenters. The maximum absolute atomic E-state index is 12.7. The van der Waals surface area contributed by atoms with Crippen molar-refractivity contribution in [2.24, 2.45) is 0 Å². The van der Waals surface area contributed by atoms with Gasteiger partial charge in [0.05, 0.1) is 0 Å². The molecule has 28 heavy (non-hydrogen) atoms. The summed E-state index contributed by atoms with van der Waals surface area (Å²) in [5.41, 5.74) is 5.01. The quantitative estimate of drug-likeness (QED) is 0.617. The first-order chi connectivity index (χ1) is 13.8. The van der Waals surface area contributed by atoms with Crippen LogP contribution in [0.4, 0.5) is 4.79 Å². The van der Waals surface area contributed by atoms with Gasteiger partial charge in [-0.3, -0.25) is 0 Å². The Bertz CT molecular complexity index is 908. The van der Waals surface area contributed by atoms with Crippen molar-refractivity contribution in [3.8, 4) is 0 Å². The summed E-state index contributed by atoms with van der Waals surface area (Å²) in [5, 5.41) is 0. The average Bonchev–Trinajstić information content (AvgIpc) is 2.74. The van der Waals surface area contributed by atoms with Crippen molar-refractivity contribution in [1.82, 2.24) is 4.90 Å². The highest BCUT2D eigenvalue weighted by molar-refractivity contribution is 5.67. The highest BCUT2D eigenvalue weighted by Gasteiger charge is 2.24. The Morgan fingerprint density at radius 1 is 0.857 bits per heavy atom. The predicted octanol–water partition coefficient (Wildman–Crippen LogP) is 5.40. The van der Waals surface area contributed by atoms with Crippen LogP contribution in [0, 0.1) is 0 Å². The average molecular weight is 371 g/mol. The number of benzene rings is 3. The molecule has 3 aromatic carbocycles. The van der Waals surface area contributed by atoms with E-state index in [9.17, 15) is 4.79 Å². The molecule has 0 fully saturated rings. The summed E-state index contributed by atoms with van der Waals surface area (Å²) in [6.45, 7) is 1.70. The van der Waals surface area contributed by atoms with Gasteiger partial charge in [-0.1, -0.05) is 84.9 Å². The first kappa shape index (κ1) is 18.3. The van der Waals surface area contributed by atoms with Gasteiger partial charge >= 0.3 is 6.09 Å². The van der Waals surface area contributed by atoms with Crippen molar-refractivity contribution in [2.45, 2.75) is 25.4 Å². The molecule has 0 spiro atoms. The van der Waals surface area contributed by atoms with E-state index >= 15 is 0 Å². The Morgan fingerprint density at radius 2 is 1.54 bits per heavy atom. The number of carbonyl (C=O) groups excluding carboxylic acids is 1. The number of ether oxygens (including phenoxy) is 1. The molecule has 0 bridgehead atoms. The third-order valence-electron chi connectivity index (χ3n) is 5.43. The zero-order valence-corrected chi connectivity index (χ0v) is 16.0. The van der Waals surface area contributed by atoms with Crippen LogP contribution in [0.25, 0.3) is 0 Å². The van der Waals surface area contributed by atoms with E-state index < -0.39 is 0 Å². The van der Waals surface area contributed by atoms with Gasteiger partial charge in [0.1, 0.15) is 6.61 Å². The number of hydrogen-bond donors (Lipinski definition) is 0. The fourth-order valence-electron chi connectivity index (χ4n) is 3.93. The highest BCUT2D eigenvalue weighted by Crippen LogP contribution is 2.32. The molecule has 3 heteroatoms. The molecule has 0 radical (unpaired) electrons. The van der Waals surface area contributed by atoms with Crippen molar-refractivity contribution in [2.75, 3.05) is 13.1 Å². The molecular formula is C25H25NO2. The lowest BCUT2D eigenvalue weighted by molar-refractivity contribution is 0.0951. The summed E-state index contributed by atoms with van der Waals surface area (Å²) in [6, 6.07) is 29.0. The normalized spacial score (nSPS) is 16.6. The molecule has 3 aromatic rings. The summed E-state index contributed by atoms with van der Waals surface area (Å²) in [5.74, 6) is 0.294. The summed E-state index contributed by atoms with van der Waals surface area (Å²) >= 11 is 0. The molecule has 142 valence electrons. The van der Waals surface area contributed by atoms with Gasteiger partial charge in [0.15, 0.2) is 0 Å². The van der Waals surface area contributed by atoms with Crippen LogP contribution >= 0.6 is 0 Å². The second-order valence-corrected chi connectivity index (χ2v) is 7.23. The van der Waals surface area contributed by atoms with Crippen molar-refractivity contribution in [3.05, 3.63) is 107 Å². The molecule has 0 aromatic heterocycles. The zero-order valence-electron chi connectivity index (χ0n) is 16.0. The lowest BCUT2D eigenvalue weighted by atomic mass is 9.84. The summed E-state index contributed by atoms with van der Waals surface area (Å²) in [6.07, 6.45) is 1.51. The van der Waals surface area contributed by atoms with Crippen LogP contribution in [-0.2, 0) is 17.8 Å². The fourth-order valence-corrected chi connectivity index (χ4v) is 3.93. The molecule has 0 saturated carbocycles. The molecule has 0 saturated heterocycles. The minimum absolute atomic E-state index is 0.227. The Hall–Kier alpha value is -3.07. The molecule has 0 aliphatic carbocycles. The van der Waals surface area contributed by atoms with Crippen molar-refractivity contribution < 1.29 is 9.53 Å². The van der Waals surface area contributed by atoms with E-state index in [1.54, 1.807) is 0 Å². The largest absolute Gasteiger partial charge is 0.445 e. The van der Waals surface area contributed by atoms with E-state index in [1.807, 2.05) is 41.3 Å². The molecule has 1 aliphatic heterocycles. The van der Waals surface area contributed by atoms with Crippen molar-refractivity contribution >= 4 is 6.09 Å². The Labute approximate surface area is 166 Å². The third kappa shape index (κ3) is 4.25. The highest BCUT2D eigenvalue weighted by atomic mass is 16.6. The number of nitrogens with zero attached hydrogens (tertiary/aromatic N) is 1. The van der Waals surface area contributed by atoms with E-state index in [0.29, 0.717) is 25.6 Å². The first-order valence-electron chi connectivity index (χ1n) is 9.89. The molecule has 0 N–H and O–H groups in total. The lowest BCUT2D eigenvalue weighted by Gasteiger charge is -2.30. The minimum Gasteiger partial charge on any atom is -0.445 e. The van der Waals surface area contributed by atoms with Crippen molar-refractivity contribution in [3.63, 3.8) is 0 Å². The molecular weight excluding hydrogens is 346 g/mol. The van der Waals surface area contributed by atoms with Gasteiger partial charge < -0.3 is 9.64 Å². The van der Waals surface area contributed by atoms with Crippen LogP contribution in [0.15, 0.2) is 84.9 Å². The van der Waals surface area contributed by atoms with E-state index in [0.717, 1.165) is 18.4 Å². The van der Waals surface area contributed by atoms with Crippen LogP contribution in [0.2, 0.25) is 0 Å². The Morgan fingerprint density at radius 3 is 2.32 bits per heavy atom. The van der Waals surface area contributed by atoms with Gasteiger partial charge in [0.2, 0.25) is 0 Å². The molecule has 1 heterocycles. The molecule has 3 nitrogen and oxygen atoms in total. The summed E-state index contributed by atoms with van der Waals surface area (Å²) in [7, 11) is 0. The van der Waals surface area contributed by atoms with Gasteiger partial charge in [0.25, 0.3) is 0 Å². The van der Waals surface area contributed by atoms with Crippen LogP contribution in [0.5, 0.6) is 0 Å². The topological polar surface area (TPSA) is 29.5 Å². The number of hydrogen-bond acceptors (Lipinski definition) is 2. The monoisotopic (exact) mass is 371 g/mol. The molecule has 1 amide bonds. The summed E-state index contributed by atoms with van der Waals surface area (Å²) < 4.78 is 5.58. The molecule has 4 rings (SSSR count). The second-order valence-electron chi connectivity index (χ2n) is 7.23. The molecule has 1 aliphatic rings. The number of fused-ring (bicyclic) bond motifs is 1. The van der Waals surface area contributed by atoms with E-state index in [2.05, 4.69) is 48.5 Å². The maximum atomic E-state index is 12.7. The van der Waals surface area contributed by atoms with Gasteiger partial charge in [-0.05, 0) is 35.1 Å². The fraction of sp³-hybridized carbons (Fsp3) is 0.240. The Kier molecular flexibility index (Phi) is 5.72. The van der Waals surface area contributed by atoms with Crippen LogP contribution < -0.4 is 0 Å². The van der Waals surface area contributed by atoms with Crippen LogP contribution in [0.3, 0.4) is 0 Å². The van der Waals surface area contributed by atoms with E-state index in [-0.39, 0.29) is 6.09 Å².